The van der Waals surface area contributed by atoms with E-state index in [9.17, 15) is 0 Å². The first-order chi connectivity index (χ1) is 7.66. The largest absolute Gasteiger partial charge is 0.396 e. The first kappa shape index (κ1) is 11.2. The van der Waals surface area contributed by atoms with Crippen LogP contribution in [-0.4, -0.2) is 24.2 Å². The molecule has 1 aliphatic rings. The van der Waals surface area contributed by atoms with Gasteiger partial charge in [0.25, 0.3) is 0 Å². The summed E-state index contributed by atoms with van der Waals surface area (Å²) in [4.78, 5) is 4.38. The second-order valence-electron chi connectivity index (χ2n) is 4.40. The molecule has 88 valence electrons. The number of nitrogens with one attached hydrogen (secondary N) is 1. The fraction of sp³-hybridized carbons (Fsp3) is 0.583. The van der Waals surface area contributed by atoms with Crippen LogP contribution in [0.4, 0.5) is 11.5 Å². The average Bonchev–Trinajstić information content (AvgIpc) is 2.66. The molecule has 1 aromatic heterocycles. The Kier molecular flexibility index (Phi) is 3.29. The first-order valence-corrected chi connectivity index (χ1v) is 5.75. The van der Waals surface area contributed by atoms with Gasteiger partial charge in [-0.15, -0.1) is 0 Å². The molecule has 2 heterocycles. The number of nitrogen functional groups attached to an aromatic ring is 1. The molecular weight excluding hydrogens is 202 g/mol. The van der Waals surface area contributed by atoms with Gasteiger partial charge in [0.15, 0.2) is 0 Å². The summed E-state index contributed by atoms with van der Waals surface area (Å²) in [5.74, 6) is 1.35. The van der Waals surface area contributed by atoms with E-state index < -0.39 is 0 Å². The molecule has 1 saturated heterocycles. The highest BCUT2D eigenvalue weighted by atomic mass is 16.5. The first-order valence-electron chi connectivity index (χ1n) is 5.75. The second kappa shape index (κ2) is 4.70. The van der Waals surface area contributed by atoms with E-state index in [4.69, 9.17) is 10.5 Å². The summed E-state index contributed by atoms with van der Waals surface area (Å²) in [5.41, 5.74) is 7.54. The van der Waals surface area contributed by atoms with Gasteiger partial charge in [-0.2, -0.15) is 0 Å². The predicted molar refractivity (Wildman–Crippen MR) is 65.4 cm³/mol. The second-order valence-corrected chi connectivity index (χ2v) is 4.40. The smallest absolute Gasteiger partial charge is 0.149 e. The number of ether oxygens (including phenoxy) is 1. The van der Waals surface area contributed by atoms with E-state index in [-0.39, 0.29) is 0 Å². The minimum atomic E-state index is 0.332. The Labute approximate surface area is 96.2 Å². The Morgan fingerprint density at radius 3 is 3.06 bits per heavy atom. The van der Waals surface area contributed by atoms with E-state index >= 15 is 0 Å². The molecule has 0 spiro atoms. The van der Waals surface area contributed by atoms with Crippen molar-refractivity contribution in [3.8, 4) is 0 Å². The van der Waals surface area contributed by atoms with Gasteiger partial charge < -0.3 is 15.8 Å². The Hall–Kier alpha value is -1.29. The molecule has 1 aromatic rings. The summed E-state index contributed by atoms with van der Waals surface area (Å²) < 4.78 is 5.52. The maximum absolute atomic E-state index is 5.85. The van der Waals surface area contributed by atoms with E-state index in [2.05, 4.69) is 17.2 Å². The van der Waals surface area contributed by atoms with Crippen LogP contribution in [0.5, 0.6) is 0 Å². The minimum absolute atomic E-state index is 0.332. The van der Waals surface area contributed by atoms with Gasteiger partial charge in [-0.3, -0.25) is 0 Å². The zero-order valence-corrected chi connectivity index (χ0v) is 9.86. The van der Waals surface area contributed by atoms with Crippen molar-refractivity contribution in [3.05, 3.63) is 17.8 Å². The van der Waals surface area contributed by atoms with Gasteiger partial charge in [-0.05, 0) is 32.4 Å². The van der Waals surface area contributed by atoms with E-state index in [0.29, 0.717) is 17.7 Å². The molecule has 4 heteroatoms. The molecule has 0 radical (unpaired) electrons. The van der Waals surface area contributed by atoms with E-state index in [1.54, 1.807) is 0 Å². The number of aromatic nitrogens is 1. The molecule has 0 amide bonds. The van der Waals surface area contributed by atoms with Crippen molar-refractivity contribution in [3.63, 3.8) is 0 Å². The highest BCUT2D eigenvalue weighted by Gasteiger charge is 2.23. The standard InChI is InChI=1S/C12H19N3O/c1-8-3-4-11(13)12(15-8)14-7-10-5-6-16-9(10)2/h3-4,9-10H,5-7,13H2,1-2H3,(H,14,15). The van der Waals surface area contributed by atoms with Gasteiger partial charge in [0.05, 0.1) is 11.8 Å². The maximum atomic E-state index is 5.85. The van der Waals surface area contributed by atoms with Gasteiger partial charge in [0.1, 0.15) is 5.82 Å². The lowest BCUT2D eigenvalue weighted by molar-refractivity contribution is 0.108. The number of anilines is 2. The van der Waals surface area contributed by atoms with Crippen molar-refractivity contribution in [2.75, 3.05) is 24.2 Å². The molecule has 1 fully saturated rings. The number of nitrogens with two attached hydrogens (primary N) is 1. The van der Waals surface area contributed by atoms with Crippen LogP contribution in [0.15, 0.2) is 12.1 Å². The Bertz CT molecular complexity index is 367. The van der Waals surface area contributed by atoms with E-state index in [1.807, 2.05) is 19.1 Å². The molecule has 2 atom stereocenters. The highest BCUT2D eigenvalue weighted by molar-refractivity contribution is 5.61. The number of nitrogens with zero attached hydrogens (tertiary/aromatic N) is 1. The van der Waals surface area contributed by atoms with Crippen molar-refractivity contribution in [1.29, 1.82) is 0 Å². The van der Waals surface area contributed by atoms with Crippen molar-refractivity contribution >= 4 is 11.5 Å². The van der Waals surface area contributed by atoms with Crippen LogP contribution in [0, 0.1) is 12.8 Å². The molecule has 0 aromatic carbocycles. The van der Waals surface area contributed by atoms with Crippen molar-refractivity contribution < 1.29 is 4.74 Å². The van der Waals surface area contributed by atoms with Gasteiger partial charge in [-0.25, -0.2) is 4.98 Å². The monoisotopic (exact) mass is 221 g/mol. The van der Waals surface area contributed by atoms with E-state index in [0.717, 1.165) is 31.1 Å². The van der Waals surface area contributed by atoms with Crippen molar-refractivity contribution in [2.45, 2.75) is 26.4 Å². The van der Waals surface area contributed by atoms with Crippen molar-refractivity contribution in [2.24, 2.45) is 5.92 Å². The number of hydrogen-bond acceptors (Lipinski definition) is 4. The molecule has 0 bridgehead atoms. The summed E-state index contributed by atoms with van der Waals surface area (Å²) >= 11 is 0. The predicted octanol–water partition coefficient (Wildman–Crippen LogP) is 1.81. The quantitative estimate of drug-likeness (QED) is 0.817. The fourth-order valence-corrected chi connectivity index (χ4v) is 1.98. The zero-order chi connectivity index (χ0) is 11.5. The molecule has 16 heavy (non-hydrogen) atoms. The van der Waals surface area contributed by atoms with Crippen LogP contribution in [0.2, 0.25) is 0 Å². The normalized spacial score (nSPS) is 24.6. The SMILES string of the molecule is Cc1ccc(N)c(NCC2CCOC2C)n1. The third kappa shape index (κ3) is 2.44. The van der Waals surface area contributed by atoms with Crippen LogP contribution in [0.1, 0.15) is 19.0 Å². The van der Waals surface area contributed by atoms with Gasteiger partial charge in [0.2, 0.25) is 0 Å². The van der Waals surface area contributed by atoms with Gasteiger partial charge in [-0.1, -0.05) is 0 Å². The van der Waals surface area contributed by atoms with Crippen LogP contribution >= 0.6 is 0 Å². The minimum Gasteiger partial charge on any atom is -0.396 e. The van der Waals surface area contributed by atoms with Crippen LogP contribution < -0.4 is 11.1 Å². The number of aryl methyl sites for hydroxylation is 1. The molecule has 1 aliphatic heterocycles. The zero-order valence-electron chi connectivity index (χ0n) is 9.86. The summed E-state index contributed by atoms with van der Waals surface area (Å²) in [6, 6.07) is 3.81. The summed E-state index contributed by atoms with van der Waals surface area (Å²) in [6.45, 7) is 5.82. The Morgan fingerprint density at radius 2 is 2.38 bits per heavy atom. The summed E-state index contributed by atoms with van der Waals surface area (Å²) in [7, 11) is 0. The number of pyridine rings is 1. The Morgan fingerprint density at radius 1 is 1.56 bits per heavy atom. The van der Waals surface area contributed by atoms with Crippen LogP contribution in [-0.2, 0) is 4.74 Å². The topological polar surface area (TPSA) is 60.2 Å². The third-order valence-electron chi connectivity index (χ3n) is 3.13. The molecule has 3 N–H and O–H groups in total. The van der Waals surface area contributed by atoms with Crippen molar-refractivity contribution in [1.82, 2.24) is 4.98 Å². The fourth-order valence-electron chi connectivity index (χ4n) is 1.98. The lowest BCUT2D eigenvalue weighted by Gasteiger charge is -2.16. The van der Waals surface area contributed by atoms with Gasteiger partial charge in [0, 0.05) is 24.8 Å². The molecular formula is C12H19N3O. The molecule has 4 nitrogen and oxygen atoms in total. The molecule has 2 rings (SSSR count). The van der Waals surface area contributed by atoms with Crippen LogP contribution in [0.25, 0.3) is 0 Å². The summed E-state index contributed by atoms with van der Waals surface area (Å²) in [6.07, 6.45) is 1.44. The van der Waals surface area contributed by atoms with E-state index in [1.165, 1.54) is 0 Å². The number of hydrogen-bond donors (Lipinski definition) is 2. The molecule has 2 unspecified atom stereocenters. The third-order valence-corrected chi connectivity index (χ3v) is 3.13. The lowest BCUT2D eigenvalue weighted by atomic mass is 10.0. The van der Waals surface area contributed by atoms with Gasteiger partial charge >= 0.3 is 0 Å². The molecule has 0 aliphatic carbocycles. The number of rotatable bonds is 3. The lowest BCUT2D eigenvalue weighted by Crippen LogP contribution is -2.21. The molecule has 0 saturated carbocycles. The maximum Gasteiger partial charge on any atom is 0.149 e. The Balaban J connectivity index is 1.96. The van der Waals surface area contributed by atoms with Crippen LogP contribution in [0.3, 0.4) is 0 Å². The highest BCUT2D eigenvalue weighted by Crippen LogP contribution is 2.22. The average molecular weight is 221 g/mol. The summed E-state index contributed by atoms with van der Waals surface area (Å²) in [5, 5.41) is 3.31.